The van der Waals surface area contributed by atoms with E-state index in [2.05, 4.69) is 229 Å². The van der Waals surface area contributed by atoms with E-state index in [9.17, 15) is 0 Å². The minimum Gasteiger partial charge on any atom is -0.310 e. The van der Waals surface area contributed by atoms with Crippen molar-refractivity contribution in [2.45, 2.75) is 12.3 Å². The Labute approximate surface area is 327 Å². The summed E-state index contributed by atoms with van der Waals surface area (Å²) in [5.74, 6) is 0. The molecule has 0 fully saturated rings. The Morgan fingerprint density at radius 3 is 1.80 bits per heavy atom. The van der Waals surface area contributed by atoms with Crippen LogP contribution in [0.3, 0.4) is 0 Å². The highest BCUT2D eigenvalue weighted by molar-refractivity contribution is 6.10. The van der Waals surface area contributed by atoms with Crippen molar-refractivity contribution in [1.29, 1.82) is 0 Å². The molecule has 1 aromatic heterocycles. The van der Waals surface area contributed by atoms with Gasteiger partial charge in [-0.2, -0.15) is 0 Å². The summed E-state index contributed by atoms with van der Waals surface area (Å²) in [6.07, 6.45) is 0. The molecule has 0 aliphatic heterocycles. The van der Waals surface area contributed by atoms with Crippen molar-refractivity contribution in [3.8, 4) is 27.9 Å². The van der Waals surface area contributed by atoms with Gasteiger partial charge in [-0.3, -0.25) is 0 Å². The average molecular weight is 715 g/mol. The number of fused-ring (bicyclic) bond motifs is 7. The number of hydrogen-bond acceptors (Lipinski definition) is 1. The predicted molar refractivity (Wildman–Crippen MR) is 236 cm³/mol. The van der Waals surface area contributed by atoms with Crippen LogP contribution < -0.4 is 4.90 Å². The van der Waals surface area contributed by atoms with Crippen molar-refractivity contribution in [2.24, 2.45) is 0 Å². The van der Waals surface area contributed by atoms with Crippen molar-refractivity contribution >= 4 is 49.6 Å². The maximum Gasteiger partial charge on any atom is 0.0541 e. The van der Waals surface area contributed by atoms with Gasteiger partial charge in [-0.25, -0.2) is 0 Å². The highest BCUT2D eigenvalue weighted by Gasteiger charge is 2.40. The Kier molecular flexibility index (Phi) is 7.33. The van der Waals surface area contributed by atoms with Gasteiger partial charge in [0.2, 0.25) is 0 Å². The van der Waals surface area contributed by atoms with Crippen LogP contribution in [0.2, 0.25) is 0 Å². The molecule has 1 heterocycles. The first kappa shape index (κ1) is 32.3. The van der Waals surface area contributed by atoms with E-state index < -0.39 is 0 Å². The zero-order chi connectivity index (χ0) is 37.2. The van der Waals surface area contributed by atoms with Crippen LogP contribution in [-0.2, 0) is 5.41 Å². The molecule has 0 amide bonds. The summed E-state index contributed by atoms with van der Waals surface area (Å²) < 4.78 is 2.37. The first-order chi connectivity index (χ1) is 27.7. The van der Waals surface area contributed by atoms with E-state index in [1.54, 1.807) is 0 Å². The molecule has 9 aromatic carbocycles. The fourth-order valence-electron chi connectivity index (χ4n) is 9.36. The Balaban J connectivity index is 1.05. The molecule has 2 nitrogen and oxygen atoms in total. The second-order valence-electron chi connectivity index (χ2n) is 15.1. The van der Waals surface area contributed by atoms with Gasteiger partial charge in [-0.15, -0.1) is 0 Å². The maximum atomic E-state index is 2.43. The molecule has 0 radical (unpaired) electrons. The summed E-state index contributed by atoms with van der Waals surface area (Å²) >= 11 is 0. The minimum absolute atomic E-state index is 0.292. The Morgan fingerprint density at radius 1 is 0.411 bits per heavy atom. The van der Waals surface area contributed by atoms with Gasteiger partial charge < -0.3 is 9.47 Å². The topological polar surface area (TPSA) is 8.17 Å². The van der Waals surface area contributed by atoms with Crippen molar-refractivity contribution < 1.29 is 0 Å². The summed E-state index contributed by atoms with van der Waals surface area (Å²) in [6, 6.07) is 77.7. The molecule has 0 N–H and O–H groups in total. The number of rotatable bonds is 6. The molecule has 0 saturated heterocycles. The third-order valence-corrected chi connectivity index (χ3v) is 12.1. The molecule has 2 heteroatoms. The fraction of sp³-hybridized carbons (Fsp3) is 0.0370. The van der Waals surface area contributed by atoms with Crippen LogP contribution in [0.15, 0.2) is 212 Å². The van der Waals surface area contributed by atoms with Crippen LogP contribution in [0.5, 0.6) is 0 Å². The van der Waals surface area contributed by atoms with Gasteiger partial charge in [0, 0.05) is 38.6 Å². The van der Waals surface area contributed by atoms with Crippen molar-refractivity contribution in [1.82, 2.24) is 4.57 Å². The van der Waals surface area contributed by atoms with Gasteiger partial charge in [-0.05, 0) is 112 Å². The lowest BCUT2D eigenvalue weighted by Gasteiger charge is -2.31. The van der Waals surface area contributed by atoms with E-state index in [4.69, 9.17) is 0 Å². The predicted octanol–water partition coefficient (Wildman–Crippen LogP) is 14.4. The summed E-state index contributed by atoms with van der Waals surface area (Å²) in [5, 5.41) is 4.95. The Hall–Kier alpha value is -7.16. The lowest BCUT2D eigenvalue weighted by atomic mass is 9.74. The number of nitrogens with zero attached hydrogens (tertiary/aromatic N) is 2. The van der Waals surface area contributed by atoms with Crippen LogP contribution in [0.4, 0.5) is 17.1 Å². The average Bonchev–Trinajstić information content (AvgIpc) is 3.74. The van der Waals surface area contributed by atoms with E-state index in [0.717, 1.165) is 17.1 Å². The number of aromatic nitrogens is 1. The second kappa shape index (κ2) is 12.7. The van der Waals surface area contributed by atoms with E-state index in [1.165, 1.54) is 77.2 Å². The smallest absolute Gasteiger partial charge is 0.0541 e. The standard InChI is InChI=1S/C54H38N2/c1-54(49-25-10-7-22-45(49)46-23-8-11-26-50(46)54)40-17-14-20-43(36-40)55(51-28-13-16-38-15-5-6-21-44(38)51)42-32-29-37(30-33-42)39-31-34-53-48(35-39)47-24-9-12-27-52(47)56(53)41-18-3-2-4-19-41/h2-36H,1H3. The zero-order valence-corrected chi connectivity index (χ0v) is 31.1. The first-order valence-electron chi connectivity index (χ1n) is 19.4. The summed E-state index contributed by atoms with van der Waals surface area (Å²) in [6.45, 7) is 2.39. The molecule has 0 unspecified atom stereocenters. The van der Waals surface area contributed by atoms with Crippen molar-refractivity contribution in [2.75, 3.05) is 4.90 Å². The summed E-state index contributed by atoms with van der Waals surface area (Å²) in [7, 11) is 0. The van der Waals surface area contributed by atoms with Crippen LogP contribution in [0.25, 0.3) is 60.5 Å². The third-order valence-electron chi connectivity index (χ3n) is 12.1. The van der Waals surface area contributed by atoms with E-state index >= 15 is 0 Å². The largest absolute Gasteiger partial charge is 0.310 e. The van der Waals surface area contributed by atoms with Crippen LogP contribution in [-0.4, -0.2) is 4.57 Å². The summed E-state index contributed by atoms with van der Waals surface area (Å²) in [4.78, 5) is 2.43. The molecule has 0 bridgehead atoms. The number of anilines is 3. The van der Waals surface area contributed by atoms with Gasteiger partial charge in [0.15, 0.2) is 0 Å². The Bertz CT molecular complexity index is 3050. The summed E-state index contributed by atoms with van der Waals surface area (Å²) in [5.41, 5.74) is 15.7. The zero-order valence-electron chi connectivity index (χ0n) is 31.1. The minimum atomic E-state index is -0.292. The normalized spacial score (nSPS) is 12.9. The van der Waals surface area contributed by atoms with E-state index in [1.807, 2.05) is 0 Å². The van der Waals surface area contributed by atoms with Gasteiger partial charge >= 0.3 is 0 Å². The van der Waals surface area contributed by atoms with Crippen molar-refractivity contribution in [3.05, 3.63) is 229 Å². The maximum absolute atomic E-state index is 2.43. The highest BCUT2D eigenvalue weighted by atomic mass is 15.1. The van der Waals surface area contributed by atoms with Crippen LogP contribution in [0.1, 0.15) is 23.6 Å². The van der Waals surface area contributed by atoms with Gasteiger partial charge in [0.25, 0.3) is 0 Å². The van der Waals surface area contributed by atoms with Crippen LogP contribution in [0, 0.1) is 0 Å². The second-order valence-corrected chi connectivity index (χ2v) is 15.1. The quantitative estimate of drug-likeness (QED) is 0.166. The molecule has 0 saturated carbocycles. The van der Waals surface area contributed by atoms with Gasteiger partial charge in [0.1, 0.15) is 0 Å². The third kappa shape index (κ3) is 4.89. The van der Waals surface area contributed by atoms with E-state index in [0.29, 0.717) is 0 Å². The molecule has 10 aromatic rings. The fourth-order valence-corrected chi connectivity index (χ4v) is 9.36. The molecule has 0 spiro atoms. The molecule has 0 atom stereocenters. The molecular weight excluding hydrogens is 677 g/mol. The number of benzene rings is 9. The molecule has 56 heavy (non-hydrogen) atoms. The highest BCUT2D eigenvalue weighted by Crippen LogP contribution is 2.53. The lowest BCUT2D eigenvalue weighted by Crippen LogP contribution is -2.23. The molecule has 264 valence electrons. The number of para-hydroxylation sites is 2. The Morgan fingerprint density at radius 2 is 1.02 bits per heavy atom. The molecule has 1 aliphatic rings. The van der Waals surface area contributed by atoms with Crippen LogP contribution >= 0.6 is 0 Å². The lowest BCUT2D eigenvalue weighted by molar-refractivity contribution is 0.714. The molecule has 1 aliphatic carbocycles. The number of hydrogen-bond donors (Lipinski definition) is 0. The van der Waals surface area contributed by atoms with Gasteiger partial charge in [-0.1, -0.05) is 152 Å². The SMILES string of the molecule is CC1(c2cccc(N(c3ccc(-c4ccc5c(c4)c4ccccc4n5-c4ccccc4)cc3)c3cccc4ccccc34)c2)c2ccccc2-c2ccccc21. The molecular formula is C54H38N2. The first-order valence-corrected chi connectivity index (χ1v) is 19.4. The van der Waals surface area contributed by atoms with Gasteiger partial charge in [0.05, 0.1) is 16.7 Å². The van der Waals surface area contributed by atoms with E-state index in [-0.39, 0.29) is 5.41 Å². The van der Waals surface area contributed by atoms with Crippen molar-refractivity contribution in [3.63, 3.8) is 0 Å². The molecule has 11 rings (SSSR count). The monoisotopic (exact) mass is 714 g/mol.